The second-order valence-corrected chi connectivity index (χ2v) is 5.49. The number of carbonyl (C=O) groups is 2. The Bertz CT molecular complexity index is 724. The number of hydrogen-bond acceptors (Lipinski definition) is 4. The lowest BCUT2D eigenvalue weighted by atomic mass is 10.2. The molecule has 2 aromatic rings. The highest BCUT2D eigenvalue weighted by Crippen LogP contribution is 2.22. The Morgan fingerprint density at radius 3 is 2.79 bits per heavy atom. The van der Waals surface area contributed by atoms with Gasteiger partial charge in [0.2, 0.25) is 0 Å². The highest BCUT2D eigenvalue weighted by atomic mass is 16.5. The van der Waals surface area contributed by atoms with Gasteiger partial charge in [-0.1, -0.05) is 13.3 Å². The zero-order valence-electron chi connectivity index (χ0n) is 14.0. The molecule has 24 heavy (non-hydrogen) atoms. The highest BCUT2D eigenvalue weighted by Gasteiger charge is 2.19. The van der Waals surface area contributed by atoms with Crippen LogP contribution in [0.5, 0.6) is 5.75 Å². The van der Waals surface area contributed by atoms with Gasteiger partial charge < -0.3 is 15.2 Å². The molecular weight excluding hydrogens is 310 g/mol. The number of amides is 1. The van der Waals surface area contributed by atoms with E-state index in [9.17, 15) is 9.59 Å². The molecule has 2 aromatic heterocycles. The molecule has 130 valence electrons. The first-order chi connectivity index (χ1) is 11.6. The zero-order chi connectivity index (χ0) is 17.5. The van der Waals surface area contributed by atoms with E-state index in [1.807, 2.05) is 19.1 Å². The fourth-order valence-corrected chi connectivity index (χ4v) is 2.60. The second kappa shape index (κ2) is 8.33. The van der Waals surface area contributed by atoms with Gasteiger partial charge in [0.25, 0.3) is 5.91 Å². The average Bonchev–Trinajstić information content (AvgIpc) is 2.96. The topological polar surface area (TPSA) is 92.9 Å². The van der Waals surface area contributed by atoms with Crippen LogP contribution in [-0.4, -0.2) is 40.0 Å². The van der Waals surface area contributed by atoms with Crippen molar-refractivity contribution in [2.75, 3.05) is 13.7 Å². The molecule has 7 nitrogen and oxygen atoms in total. The Labute approximate surface area is 140 Å². The Balaban J connectivity index is 2.05. The number of imidazole rings is 1. The summed E-state index contributed by atoms with van der Waals surface area (Å²) in [5.41, 5.74) is 1.88. The fourth-order valence-electron chi connectivity index (χ4n) is 2.60. The summed E-state index contributed by atoms with van der Waals surface area (Å²) in [5.74, 6) is -0.336. The number of carbonyl (C=O) groups excluding carboxylic acids is 1. The van der Waals surface area contributed by atoms with Gasteiger partial charge in [-0.3, -0.25) is 14.0 Å². The quantitative estimate of drug-likeness (QED) is 0.687. The molecule has 0 unspecified atom stereocenters. The number of aliphatic carboxylic acids is 1. The van der Waals surface area contributed by atoms with Crippen molar-refractivity contribution in [1.29, 1.82) is 0 Å². The summed E-state index contributed by atoms with van der Waals surface area (Å²) in [5, 5.41) is 11.5. The average molecular weight is 333 g/mol. The smallest absolute Gasteiger partial charge is 0.303 e. The lowest BCUT2D eigenvalue weighted by molar-refractivity contribution is -0.137. The highest BCUT2D eigenvalue weighted by molar-refractivity contribution is 5.95. The van der Waals surface area contributed by atoms with Crippen LogP contribution in [0, 0.1) is 0 Å². The van der Waals surface area contributed by atoms with E-state index >= 15 is 0 Å². The number of nitrogens with one attached hydrogen (secondary N) is 1. The maximum Gasteiger partial charge on any atom is 0.303 e. The van der Waals surface area contributed by atoms with Crippen LogP contribution in [-0.2, 0) is 11.2 Å². The van der Waals surface area contributed by atoms with Crippen molar-refractivity contribution >= 4 is 17.5 Å². The van der Waals surface area contributed by atoms with Crippen LogP contribution >= 0.6 is 0 Å². The van der Waals surface area contributed by atoms with Crippen LogP contribution in [0.2, 0.25) is 0 Å². The van der Waals surface area contributed by atoms with Gasteiger partial charge in [-0.05, 0) is 31.4 Å². The number of fused-ring (bicyclic) bond motifs is 1. The Morgan fingerprint density at radius 1 is 1.33 bits per heavy atom. The number of hydrogen-bond donors (Lipinski definition) is 2. The van der Waals surface area contributed by atoms with Crippen molar-refractivity contribution in [2.45, 2.75) is 39.0 Å². The molecule has 7 heteroatoms. The molecule has 0 radical (unpaired) electrons. The minimum atomic E-state index is -0.786. The first-order valence-electron chi connectivity index (χ1n) is 8.12. The third kappa shape index (κ3) is 4.04. The van der Waals surface area contributed by atoms with E-state index in [1.54, 1.807) is 17.7 Å². The molecule has 1 amide bonds. The van der Waals surface area contributed by atoms with Gasteiger partial charge in [-0.2, -0.15) is 0 Å². The lowest BCUT2D eigenvalue weighted by Crippen LogP contribution is -2.26. The zero-order valence-corrected chi connectivity index (χ0v) is 14.0. The number of pyridine rings is 1. The number of methoxy groups -OCH3 is 1. The summed E-state index contributed by atoms with van der Waals surface area (Å²) < 4.78 is 7.05. The Hall–Kier alpha value is -2.57. The van der Waals surface area contributed by atoms with Gasteiger partial charge >= 0.3 is 5.97 Å². The molecule has 0 aliphatic carbocycles. The predicted molar refractivity (Wildman–Crippen MR) is 89.6 cm³/mol. The molecule has 0 saturated heterocycles. The summed E-state index contributed by atoms with van der Waals surface area (Å²) >= 11 is 0. The Kier molecular flexibility index (Phi) is 6.17. The van der Waals surface area contributed by atoms with Crippen LogP contribution in [0.15, 0.2) is 18.3 Å². The normalized spacial score (nSPS) is 10.8. The molecule has 0 spiro atoms. The van der Waals surface area contributed by atoms with Crippen LogP contribution in [0.1, 0.15) is 48.8 Å². The lowest BCUT2D eigenvalue weighted by Gasteiger charge is -2.07. The van der Waals surface area contributed by atoms with Crippen LogP contribution < -0.4 is 10.1 Å². The van der Waals surface area contributed by atoms with Gasteiger partial charge in [-0.15, -0.1) is 0 Å². The molecule has 0 aliphatic rings. The van der Waals surface area contributed by atoms with E-state index in [1.165, 1.54) is 0 Å². The maximum atomic E-state index is 12.5. The number of rotatable bonds is 9. The molecule has 2 rings (SSSR count). The fraction of sp³-hybridized carbons (Fsp3) is 0.471. The van der Waals surface area contributed by atoms with Gasteiger partial charge in [-0.25, -0.2) is 4.98 Å². The van der Waals surface area contributed by atoms with Gasteiger partial charge in [0.15, 0.2) is 11.4 Å². The number of carboxylic acids is 1. The van der Waals surface area contributed by atoms with Crippen molar-refractivity contribution < 1.29 is 19.4 Å². The molecule has 0 aromatic carbocycles. The van der Waals surface area contributed by atoms with E-state index in [0.29, 0.717) is 36.5 Å². The molecule has 0 saturated carbocycles. The van der Waals surface area contributed by atoms with Crippen molar-refractivity contribution in [3.05, 3.63) is 29.7 Å². The van der Waals surface area contributed by atoms with Gasteiger partial charge in [0.05, 0.1) is 12.8 Å². The number of aryl methyl sites for hydroxylation is 1. The van der Waals surface area contributed by atoms with E-state index in [0.717, 1.165) is 18.5 Å². The first-order valence-corrected chi connectivity index (χ1v) is 8.12. The number of unbranched alkanes of at least 4 members (excludes halogenated alkanes) is 2. The van der Waals surface area contributed by atoms with Crippen molar-refractivity contribution in [1.82, 2.24) is 14.7 Å². The molecule has 2 N–H and O–H groups in total. The standard InChI is InChI=1S/C17H23N3O4/c1-3-12-15(17(23)18-10-6-4-5-9-14(21)22)20-11-7-8-13(24-2)16(20)19-12/h7-8,11H,3-6,9-10H2,1-2H3,(H,18,23)(H,21,22). The number of ether oxygens (including phenoxy) is 1. The van der Waals surface area contributed by atoms with Gasteiger partial charge in [0, 0.05) is 19.2 Å². The predicted octanol–water partition coefficient (Wildman–Crippen LogP) is 2.28. The monoisotopic (exact) mass is 333 g/mol. The van der Waals surface area contributed by atoms with E-state index < -0.39 is 5.97 Å². The molecule has 0 atom stereocenters. The summed E-state index contributed by atoms with van der Waals surface area (Å²) in [6.45, 7) is 2.47. The minimum absolute atomic E-state index is 0.168. The molecule has 0 fully saturated rings. The maximum absolute atomic E-state index is 12.5. The van der Waals surface area contributed by atoms with Gasteiger partial charge in [0.1, 0.15) is 5.69 Å². The third-order valence-corrected chi connectivity index (χ3v) is 3.81. The summed E-state index contributed by atoms with van der Waals surface area (Å²) in [7, 11) is 1.58. The number of aromatic nitrogens is 2. The minimum Gasteiger partial charge on any atom is -0.493 e. The largest absolute Gasteiger partial charge is 0.493 e. The van der Waals surface area contributed by atoms with Crippen molar-refractivity contribution in [3.8, 4) is 5.75 Å². The van der Waals surface area contributed by atoms with Crippen LogP contribution in [0.4, 0.5) is 0 Å². The van der Waals surface area contributed by atoms with Crippen molar-refractivity contribution in [2.24, 2.45) is 0 Å². The Morgan fingerprint density at radius 2 is 2.12 bits per heavy atom. The molecule has 0 bridgehead atoms. The summed E-state index contributed by atoms with van der Waals surface area (Å²) in [4.78, 5) is 27.5. The molecule has 0 aliphatic heterocycles. The number of nitrogens with zero attached hydrogens (tertiary/aromatic N) is 2. The summed E-state index contributed by atoms with van der Waals surface area (Å²) in [6.07, 6.45) is 4.76. The SMILES string of the molecule is CCc1nc2c(OC)cccn2c1C(=O)NCCCCCC(=O)O. The van der Waals surface area contributed by atoms with Crippen LogP contribution in [0.25, 0.3) is 5.65 Å². The number of carboxylic acid groups (broad SMARTS) is 1. The molecule has 2 heterocycles. The van der Waals surface area contributed by atoms with E-state index in [4.69, 9.17) is 9.84 Å². The first kappa shape index (κ1) is 17.8. The third-order valence-electron chi connectivity index (χ3n) is 3.81. The van der Waals surface area contributed by atoms with Crippen molar-refractivity contribution in [3.63, 3.8) is 0 Å². The molecular formula is C17H23N3O4. The summed E-state index contributed by atoms with van der Waals surface area (Å²) in [6, 6.07) is 3.63. The van der Waals surface area contributed by atoms with E-state index in [-0.39, 0.29) is 12.3 Å². The second-order valence-electron chi connectivity index (χ2n) is 5.49. The van der Waals surface area contributed by atoms with Crippen LogP contribution in [0.3, 0.4) is 0 Å². The van der Waals surface area contributed by atoms with E-state index in [2.05, 4.69) is 10.3 Å².